The molecule has 0 spiro atoms. The van der Waals surface area contributed by atoms with E-state index in [2.05, 4.69) is 20.5 Å². The average Bonchev–Trinajstić information content (AvgIpc) is 3.25. The number of guanidine groups is 1. The lowest BCUT2D eigenvalue weighted by Crippen LogP contribution is -2.60. The van der Waals surface area contributed by atoms with Crippen LogP contribution in [0.5, 0.6) is 0 Å². The van der Waals surface area contributed by atoms with Gasteiger partial charge in [-0.05, 0) is 32.1 Å². The molecule has 3 aliphatic rings. The molecule has 3 fully saturated rings. The molecule has 2 aliphatic carbocycles. The van der Waals surface area contributed by atoms with E-state index in [0.717, 1.165) is 58.4 Å². The Labute approximate surface area is 188 Å². The Kier molecular flexibility index (Phi) is 11.4. The van der Waals surface area contributed by atoms with Gasteiger partial charge in [-0.3, -0.25) is 9.89 Å². The van der Waals surface area contributed by atoms with Crippen LogP contribution in [-0.2, 0) is 9.47 Å². The van der Waals surface area contributed by atoms with Crippen LogP contribution in [-0.4, -0.2) is 75.5 Å². The zero-order chi connectivity index (χ0) is 18.8. The van der Waals surface area contributed by atoms with Gasteiger partial charge in [0.05, 0.1) is 19.3 Å². The summed E-state index contributed by atoms with van der Waals surface area (Å²) < 4.78 is 11.5. The minimum Gasteiger partial charge on any atom is -0.379 e. The van der Waals surface area contributed by atoms with E-state index in [-0.39, 0.29) is 29.5 Å². The van der Waals surface area contributed by atoms with Crippen LogP contribution in [0.3, 0.4) is 0 Å². The lowest BCUT2D eigenvalue weighted by Gasteiger charge is -2.48. The van der Waals surface area contributed by atoms with Gasteiger partial charge < -0.3 is 20.1 Å². The SMILES string of the molecule is CN=C(NCCCOC1CCCC1)NCC1(N2CCOCC2)CCCCC1.I. The predicted octanol–water partition coefficient (Wildman–Crippen LogP) is 3.15. The minimum atomic E-state index is 0. The van der Waals surface area contributed by atoms with Crippen LogP contribution >= 0.6 is 24.0 Å². The molecule has 0 radical (unpaired) electrons. The highest BCUT2D eigenvalue weighted by Gasteiger charge is 2.38. The summed E-state index contributed by atoms with van der Waals surface area (Å²) in [5, 5.41) is 7.10. The molecule has 3 rings (SSSR count). The Hall–Kier alpha value is -0.120. The van der Waals surface area contributed by atoms with Gasteiger partial charge in [0, 0.05) is 45.4 Å². The van der Waals surface area contributed by atoms with Gasteiger partial charge in [0.2, 0.25) is 0 Å². The second-order valence-electron chi connectivity index (χ2n) is 8.37. The molecule has 6 nitrogen and oxygen atoms in total. The third-order valence-corrected chi connectivity index (χ3v) is 6.54. The standard InChI is InChI=1S/C21H40N4O2.HI/c1-22-20(23-12-7-15-27-19-8-3-4-9-19)24-18-21(10-5-2-6-11-21)25-13-16-26-17-14-25;/h19H,2-18H2,1H3,(H2,22,23,24);1H. The summed E-state index contributed by atoms with van der Waals surface area (Å²) in [6.45, 7) is 6.61. The van der Waals surface area contributed by atoms with Crippen molar-refractivity contribution in [3.05, 3.63) is 0 Å². The van der Waals surface area contributed by atoms with Crippen LogP contribution < -0.4 is 10.6 Å². The predicted molar refractivity (Wildman–Crippen MR) is 126 cm³/mol. The van der Waals surface area contributed by atoms with Gasteiger partial charge >= 0.3 is 0 Å². The third-order valence-electron chi connectivity index (χ3n) is 6.54. The monoisotopic (exact) mass is 508 g/mol. The molecule has 164 valence electrons. The lowest BCUT2D eigenvalue weighted by molar-refractivity contribution is -0.0352. The van der Waals surface area contributed by atoms with Crippen molar-refractivity contribution in [2.45, 2.75) is 75.9 Å². The lowest BCUT2D eigenvalue weighted by atomic mass is 9.80. The van der Waals surface area contributed by atoms with E-state index in [1.807, 2.05) is 7.05 Å². The van der Waals surface area contributed by atoms with Crippen LogP contribution in [0.15, 0.2) is 4.99 Å². The van der Waals surface area contributed by atoms with Gasteiger partial charge in [0.15, 0.2) is 5.96 Å². The number of ether oxygens (including phenoxy) is 2. The molecule has 0 bridgehead atoms. The van der Waals surface area contributed by atoms with Crippen molar-refractivity contribution < 1.29 is 9.47 Å². The maximum Gasteiger partial charge on any atom is 0.191 e. The Morgan fingerprint density at radius 3 is 2.46 bits per heavy atom. The Morgan fingerprint density at radius 2 is 1.79 bits per heavy atom. The van der Waals surface area contributed by atoms with Crippen molar-refractivity contribution >= 4 is 29.9 Å². The van der Waals surface area contributed by atoms with Gasteiger partial charge in [0.1, 0.15) is 0 Å². The summed E-state index contributed by atoms with van der Waals surface area (Å²) in [5.41, 5.74) is 0.269. The zero-order valence-electron chi connectivity index (χ0n) is 17.7. The molecule has 28 heavy (non-hydrogen) atoms. The van der Waals surface area contributed by atoms with Gasteiger partial charge in [-0.15, -0.1) is 24.0 Å². The fraction of sp³-hybridized carbons (Fsp3) is 0.952. The number of aliphatic imine (C=N–C) groups is 1. The molecule has 0 aromatic carbocycles. The molecule has 0 unspecified atom stereocenters. The topological polar surface area (TPSA) is 58.1 Å². The van der Waals surface area contributed by atoms with Crippen LogP contribution in [0, 0.1) is 0 Å². The van der Waals surface area contributed by atoms with Crippen LogP contribution in [0.4, 0.5) is 0 Å². The highest BCUT2D eigenvalue weighted by atomic mass is 127. The maximum absolute atomic E-state index is 5.95. The summed E-state index contributed by atoms with van der Waals surface area (Å²) >= 11 is 0. The maximum atomic E-state index is 5.95. The second kappa shape index (κ2) is 13.2. The first kappa shape index (κ1) is 24.2. The van der Waals surface area contributed by atoms with E-state index in [1.54, 1.807) is 0 Å². The van der Waals surface area contributed by atoms with Crippen LogP contribution in [0.2, 0.25) is 0 Å². The minimum absolute atomic E-state index is 0. The van der Waals surface area contributed by atoms with Crippen molar-refractivity contribution in [3.8, 4) is 0 Å². The van der Waals surface area contributed by atoms with Gasteiger partial charge in [-0.2, -0.15) is 0 Å². The Morgan fingerprint density at radius 1 is 1.07 bits per heavy atom. The van der Waals surface area contributed by atoms with E-state index in [4.69, 9.17) is 9.47 Å². The zero-order valence-corrected chi connectivity index (χ0v) is 20.0. The largest absolute Gasteiger partial charge is 0.379 e. The smallest absolute Gasteiger partial charge is 0.191 e. The third kappa shape index (κ3) is 7.29. The number of hydrogen-bond acceptors (Lipinski definition) is 4. The Balaban J connectivity index is 0.00000280. The van der Waals surface area contributed by atoms with Crippen LogP contribution in [0.1, 0.15) is 64.2 Å². The quantitative estimate of drug-likeness (QED) is 0.228. The van der Waals surface area contributed by atoms with Crippen molar-refractivity contribution in [1.82, 2.24) is 15.5 Å². The first-order valence-electron chi connectivity index (χ1n) is 11.2. The van der Waals surface area contributed by atoms with Crippen molar-refractivity contribution in [1.29, 1.82) is 0 Å². The van der Waals surface area contributed by atoms with Gasteiger partial charge in [-0.1, -0.05) is 32.1 Å². The van der Waals surface area contributed by atoms with Gasteiger partial charge in [0.25, 0.3) is 0 Å². The van der Waals surface area contributed by atoms with Crippen LogP contribution in [0.25, 0.3) is 0 Å². The summed E-state index contributed by atoms with van der Waals surface area (Å²) in [6.07, 6.45) is 13.3. The average molecular weight is 508 g/mol. The fourth-order valence-electron chi connectivity index (χ4n) is 4.91. The fourth-order valence-corrected chi connectivity index (χ4v) is 4.91. The Bertz CT molecular complexity index is 446. The van der Waals surface area contributed by atoms with E-state index in [0.29, 0.717) is 6.10 Å². The van der Waals surface area contributed by atoms with E-state index < -0.39 is 0 Å². The van der Waals surface area contributed by atoms with E-state index in [9.17, 15) is 0 Å². The molecule has 0 aromatic rings. The second-order valence-corrected chi connectivity index (χ2v) is 8.37. The number of nitrogens with one attached hydrogen (secondary N) is 2. The molecule has 7 heteroatoms. The summed E-state index contributed by atoms with van der Waals surface area (Å²) in [4.78, 5) is 7.11. The molecule has 1 heterocycles. The molecular weight excluding hydrogens is 467 g/mol. The number of hydrogen-bond donors (Lipinski definition) is 2. The highest BCUT2D eigenvalue weighted by molar-refractivity contribution is 14.0. The summed E-state index contributed by atoms with van der Waals surface area (Å²) in [6, 6.07) is 0. The molecule has 0 atom stereocenters. The van der Waals surface area contributed by atoms with E-state index >= 15 is 0 Å². The number of morpholine rings is 1. The number of nitrogens with zero attached hydrogens (tertiary/aromatic N) is 2. The summed E-state index contributed by atoms with van der Waals surface area (Å²) in [5.74, 6) is 0.925. The van der Waals surface area contributed by atoms with E-state index in [1.165, 1.54) is 57.8 Å². The molecule has 1 saturated heterocycles. The number of halogens is 1. The van der Waals surface area contributed by atoms with Crippen molar-refractivity contribution in [2.24, 2.45) is 4.99 Å². The van der Waals surface area contributed by atoms with Crippen molar-refractivity contribution in [2.75, 3.05) is 53.0 Å². The highest BCUT2D eigenvalue weighted by Crippen LogP contribution is 2.33. The normalized spacial score (nSPS) is 24.0. The summed E-state index contributed by atoms with van der Waals surface area (Å²) in [7, 11) is 1.87. The molecular formula is C21H41IN4O2. The molecule has 2 saturated carbocycles. The van der Waals surface area contributed by atoms with Crippen molar-refractivity contribution in [3.63, 3.8) is 0 Å². The first-order valence-corrected chi connectivity index (χ1v) is 11.2. The van der Waals surface area contributed by atoms with Gasteiger partial charge in [-0.25, -0.2) is 0 Å². The first-order chi connectivity index (χ1) is 13.3. The number of rotatable bonds is 8. The molecule has 1 aliphatic heterocycles. The molecule has 0 aromatic heterocycles. The molecule has 2 N–H and O–H groups in total. The molecule has 0 amide bonds.